The summed E-state index contributed by atoms with van der Waals surface area (Å²) in [6, 6.07) is -0.0491. The van der Waals surface area contributed by atoms with Crippen LogP contribution in [0.15, 0.2) is 18.7 Å². The molecule has 1 aliphatic heterocycles. The van der Waals surface area contributed by atoms with Crippen molar-refractivity contribution >= 4 is 6.03 Å². The molecule has 0 unspecified atom stereocenters. The summed E-state index contributed by atoms with van der Waals surface area (Å²) in [5.74, 6) is 0. The van der Waals surface area contributed by atoms with E-state index in [0.717, 1.165) is 0 Å². The quantitative estimate of drug-likeness (QED) is 0.690. The van der Waals surface area contributed by atoms with Crippen molar-refractivity contribution in [1.29, 1.82) is 0 Å². The van der Waals surface area contributed by atoms with Gasteiger partial charge in [0.25, 0.3) is 0 Å². The van der Waals surface area contributed by atoms with E-state index in [1.807, 2.05) is 32.6 Å². The average Bonchev–Trinajstić information content (AvgIpc) is 2.63. The minimum absolute atomic E-state index is 0.0491. The van der Waals surface area contributed by atoms with E-state index in [1.54, 1.807) is 12.4 Å². The van der Waals surface area contributed by atoms with Crippen LogP contribution in [0.3, 0.4) is 0 Å². The Morgan fingerprint density at radius 2 is 1.82 bits per heavy atom. The molecule has 2 rings (SSSR count). The summed E-state index contributed by atoms with van der Waals surface area (Å²) in [5, 5.41) is 0. The number of ether oxygens (including phenoxy) is 1. The van der Waals surface area contributed by atoms with Crippen LogP contribution in [-0.4, -0.2) is 44.8 Å². The van der Waals surface area contributed by atoms with Gasteiger partial charge in [0, 0.05) is 12.4 Å². The monoisotopic (exact) mass is 237 g/mol. The molecule has 0 spiro atoms. The first kappa shape index (κ1) is 12.1. The van der Waals surface area contributed by atoms with E-state index in [1.165, 1.54) is 10.9 Å². The molecule has 1 aromatic heterocycles. The molecular weight excluding hydrogens is 218 g/mol. The second kappa shape index (κ2) is 3.84. The first-order valence-electron chi connectivity index (χ1n) is 5.77. The summed E-state index contributed by atoms with van der Waals surface area (Å²) in [5.41, 5.74) is -0.643. The van der Waals surface area contributed by atoms with Gasteiger partial charge < -0.3 is 9.64 Å². The Bertz CT molecular complexity index is 393. The lowest BCUT2D eigenvalue weighted by atomic mass is 9.99. The maximum absolute atomic E-state index is 12.2. The van der Waals surface area contributed by atoms with Gasteiger partial charge in [0.05, 0.1) is 24.3 Å². The van der Waals surface area contributed by atoms with E-state index >= 15 is 0 Å². The summed E-state index contributed by atoms with van der Waals surface area (Å²) in [4.78, 5) is 17.9. The molecule has 1 fully saturated rings. The number of rotatable bonds is 0. The van der Waals surface area contributed by atoms with Crippen LogP contribution in [0.25, 0.3) is 0 Å². The highest BCUT2D eigenvalue weighted by Crippen LogP contribution is 2.28. The van der Waals surface area contributed by atoms with Crippen molar-refractivity contribution in [3.05, 3.63) is 18.7 Å². The number of nitrogens with zero attached hydrogens (tertiary/aromatic N) is 3. The van der Waals surface area contributed by atoms with Gasteiger partial charge in [-0.3, -0.25) is 4.57 Å². The zero-order chi connectivity index (χ0) is 12.7. The van der Waals surface area contributed by atoms with Crippen LogP contribution >= 0.6 is 0 Å². The minimum atomic E-state index is -0.321. The Hall–Kier alpha value is -1.36. The molecule has 1 saturated heterocycles. The molecule has 0 aromatic carbocycles. The second-order valence-electron chi connectivity index (χ2n) is 5.73. The number of imidazole rings is 1. The van der Waals surface area contributed by atoms with Gasteiger partial charge in [-0.05, 0) is 27.7 Å². The molecule has 1 amide bonds. The van der Waals surface area contributed by atoms with Crippen molar-refractivity contribution in [2.24, 2.45) is 0 Å². The van der Waals surface area contributed by atoms with Crippen LogP contribution in [0, 0.1) is 0 Å². The summed E-state index contributed by atoms with van der Waals surface area (Å²) < 4.78 is 7.44. The van der Waals surface area contributed by atoms with Crippen LogP contribution in [0.1, 0.15) is 27.7 Å². The predicted octanol–water partition coefficient (Wildman–Crippen LogP) is 1.74. The van der Waals surface area contributed by atoms with Crippen LogP contribution in [0.4, 0.5) is 4.79 Å². The number of hydrogen-bond donors (Lipinski definition) is 0. The Labute approximate surface area is 101 Å². The number of aromatic nitrogens is 2. The zero-order valence-electron chi connectivity index (χ0n) is 10.8. The molecule has 0 atom stereocenters. The number of hydrogen-bond acceptors (Lipinski definition) is 3. The van der Waals surface area contributed by atoms with Gasteiger partial charge in [-0.25, -0.2) is 9.78 Å². The number of carbonyl (C=O) groups excluding carboxylic acids is 1. The van der Waals surface area contributed by atoms with Gasteiger partial charge >= 0.3 is 6.03 Å². The van der Waals surface area contributed by atoms with Gasteiger partial charge in [0.15, 0.2) is 0 Å². The molecule has 94 valence electrons. The van der Waals surface area contributed by atoms with Crippen molar-refractivity contribution in [3.8, 4) is 0 Å². The third kappa shape index (κ3) is 2.66. The smallest absolute Gasteiger partial charge is 0.329 e. The molecule has 2 heterocycles. The molecule has 0 radical (unpaired) electrons. The van der Waals surface area contributed by atoms with Crippen LogP contribution in [0.2, 0.25) is 0 Å². The van der Waals surface area contributed by atoms with Gasteiger partial charge in [-0.2, -0.15) is 0 Å². The van der Waals surface area contributed by atoms with Crippen LogP contribution in [-0.2, 0) is 4.74 Å². The minimum Gasteiger partial charge on any atom is -0.366 e. The van der Waals surface area contributed by atoms with E-state index in [0.29, 0.717) is 13.1 Å². The zero-order valence-corrected chi connectivity index (χ0v) is 10.8. The van der Waals surface area contributed by atoms with Crippen molar-refractivity contribution in [1.82, 2.24) is 14.5 Å². The van der Waals surface area contributed by atoms with Crippen molar-refractivity contribution in [2.45, 2.75) is 38.9 Å². The highest BCUT2D eigenvalue weighted by molar-refractivity contribution is 5.77. The molecule has 1 aliphatic rings. The molecule has 0 aliphatic carbocycles. The van der Waals surface area contributed by atoms with E-state index in [-0.39, 0.29) is 17.2 Å². The largest absolute Gasteiger partial charge is 0.366 e. The average molecular weight is 237 g/mol. The molecular formula is C12H19N3O2. The number of carbonyl (C=O) groups is 1. The van der Waals surface area contributed by atoms with Crippen molar-refractivity contribution < 1.29 is 9.53 Å². The van der Waals surface area contributed by atoms with E-state index in [2.05, 4.69) is 4.98 Å². The topological polar surface area (TPSA) is 47.4 Å². The summed E-state index contributed by atoms with van der Waals surface area (Å²) >= 11 is 0. The SMILES string of the molecule is CC1(C)CN(C(=O)n2ccnc2)CC(C)(C)O1. The van der Waals surface area contributed by atoms with E-state index < -0.39 is 0 Å². The fourth-order valence-corrected chi connectivity index (χ4v) is 2.46. The highest BCUT2D eigenvalue weighted by Gasteiger charge is 2.40. The third-order valence-corrected chi connectivity index (χ3v) is 2.69. The second-order valence-corrected chi connectivity index (χ2v) is 5.73. The number of amides is 1. The fraction of sp³-hybridized carbons (Fsp3) is 0.667. The lowest BCUT2D eigenvalue weighted by Gasteiger charge is -2.46. The molecule has 0 saturated carbocycles. The highest BCUT2D eigenvalue weighted by atomic mass is 16.5. The molecule has 0 N–H and O–H groups in total. The summed E-state index contributed by atoms with van der Waals surface area (Å²) in [6.07, 6.45) is 4.80. The van der Waals surface area contributed by atoms with E-state index in [9.17, 15) is 4.79 Å². The van der Waals surface area contributed by atoms with Gasteiger partial charge in [0.1, 0.15) is 6.33 Å². The third-order valence-electron chi connectivity index (χ3n) is 2.69. The maximum Gasteiger partial charge on any atom is 0.329 e. The Morgan fingerprint density at radius 1 is 1.24 bits per heavy atom. The normalized spacial score (nSPS) is 22.5. The summed E-state index contributed by atoms with van der Waals surface area (Å²) in [6.45, 7) is 9.19. The standard InChI is InChI=1S/C12H19N3O2/c1-11(2)7-15(8-12(3,4)17-11)10(16)14-6-5-13-9-14/h5-6,9H,7-8H2,1-4H3. The Morgan fingerprint density at radius 3 is 2.29 bits per heavy atom. The number of morpholine rings is 1. The van der Waals surface area contributed by atoms with Gasteiger partial charge in [0.2, 0.25) is 0 Å². The van der Waals surface area contributed by atoms with Crippen molar-refractivity contribution in [3.63, 3.8) is 0 Å². The summed E-state index contributed by atoms with van der Waals surface area (Å²) in [7, 11) is 0. The Kier molecular flexibility index (Phi) is 2.73. The van der Waals surface area contributed by atoms with Gasteiger partial charge in [-0.15, -0.1) is 0 Å². The van der Waals surface area contributed by atoms with Crippen LogP contribution < -0.4 is 0 Å². The lowest BCUT2D eigenvalue weighted by molar-refractivity contribution is -0.170. The lowest BCUT2D eigenvalue weighted by Crippen LogP contribution is -2.59. The molecule has 5 nitrogen and oxygen atoms in total. The Balaban J connectivity index is 2.19. The molecule has 1 aromatic rings. The predicted molar refractivity (Wildman–Crippen MR) is 63.8 cm³/mol. The molecule has 17 heavy (non-hydrogen) atoms. The molecule has 0 bridgehead atoms. The van der Waals surface area contributed by atoms with Crippen LogP contribution in [0.5, 0.6) is 0 Å². The van der Waals surface area contributed by atoms with E-state index in [4.69, 9.17) is 4.74 Å². The maximum atomic E-state index is 12.2. The molecule has 5 heteroatoms. The van der Waals surface area contributed by atoms with Crippen molar-refractivity contribution in [2.75, 3.05) is 13.1 Å². The first-order chi connectivity index (χ1) is 7.79. The van der Waals surface area contributed by atoms with Gasteiger partial charge in [-0.1, -0.05) is 0 Å². The first-order valence-corrected chi connectivity index (χ1v) is 5.77. The fourth-order valence-electron chi connectivity index (χ4n) is 2.46.